The molecule has 0 aliphatic heterocycles. The fourth-order valence-corrected chi connectivity index (χ4v) is 3.04. The van der Waals surface area contributed by atoms with Crippen LogP contribution in [0.4, 0.5) is 0 Å². The van der Waals surface area contributed by atoms with Gasteiger partial charge in [0.2, 0.25) is 10.0 Å². The Morgan fingerprint density at radius 1 is 1.42 bits per heavy atom. The number of sulfonamides is 1. The van der Waals surface area contributed by atoms with E-state index >= 15 is 0 Å². The Hall–Kier alpha value is -1.35. The summed E-state index contributed by atoms with van der Waals surface area (Å²) in [7, 11) is -3.40. The number of aliphatic hydroxyl groups excluding tert-OH is 1. The summed E-state index contributed by atoms with van der Waals surface area (Å²) in [6.45, 7) is 1.86. The minimum absolute atomic E-state index is 0.0316. The molecule has 0 heterocycles. The van der Waals surface area contributed by atoms with Gasteiger partial charge in [-0.3, -0.25) is 0 Å². The first-order valence-electron chi connectivity index (χ1n) is 6.25. The highest BCUT2D eigenvalue weighted by Crippen LogP contribution is 2.23. The summed E-state index contributed by atoms with van der Waals surface area (Å²) in [6.07, 6.45) is 2.26. The summed E-state index contributed by atoms with van der Waals surface area (Å²) >= 11 is 0. The van der Waals surface area contributed by atoms with E-state index in [4.69, 9.17) is 5.11 Å². The number of benzene rings is 1. The van der Waals surface area contributed by atoms with Crippen LogP contribution in [0, 0.1) is 18.8 Å². The lowest BCUT2D eigenvalue weighted by Crippen LogP contribution is -2.25. The van der Waals surface area contributed by atoms with Crippen LogP contribution in [0.25, 0.3) is 0 Å². The maximum atomic E-state index is 12.0. The first-order valence-corrected chi connectivity index (χ1v) is 7.74. The van der Waals surface area contributed by atoms with Gasteiger partial charge < -0.3 is 5.11 Å². The van der Waals surface area contributed by atoms with Crippen LogP contribution in [0.5, 0.6) is 0 Å². The largest absolute Gasteiger partial charge is 0.395 e. The molecule has 0 spiro atoms. The van der Waals surface area contributed by atoms with E-state index in [-0.39, 0.29) is 17.5 Å². The molecule has 19 heavy (non-hydrogen) atoms. The predicted octanol–water partition coefficient (Wildman–Crippen LogP) is 1.17. The van der Waals surface area contributed by atoms with Crippen molar-refractivity contribution in [3.8, 4) is 11.8 Å². The van der Waals surface area contributed by atoms with Crippen LogP contribution in [0.3, 0.4) is 0 Å². The molecule has 0 unspecified atom stereocenters. The Morgan fingerprint density at radius 3 is 2.74 bits per heavy atom. The second-order valence-corrected chi connectivity index (χ2v) is 6.36. The predicted molar refractivity (Wildman–Crippen MR) is 73.1 cm³/mol. The molecule has 0 amide bonds. The maximum absolute atomic E-state index is 12.0. The van der Waals surface area contributed by atoms with Crippen molar-refractivity contribution in [1.82, 2.24) is 4.72 Å². The minimum atomic E-state index is -3.40. The topological polar surface area (TPSA) is 66.4 Å². The number of hydrogen-bond acceptors (Lipinski definition) is 3. The molecule has 0 saturated heterocycles. The van der Waals surface area contributed by atoms with Crippen LogP contribution >= 0.6 is 0 Å². The highest BCUT2D eigenvalue weighted by atomic mass is 32.2. The molecule has 0 radical (unpaired) electrons. The smallest absolute Gasteiger partial charge is 0.240 e. The van der Waals surface area contributed by atoms with Crippen molar-refractivity contribution >= 4 is 10.0 Å². The zero-order valence-corrected chi connectivity index (χ0v) is 11.6. The van der Waals surface area contributed by atoms with Crippen LogP contribution in [-0.2, 0) is 10.0 Å². The lowest BCUT2D eigenvalue weighted by molar-refractivity contribution is 0.305. The molecule has 1 aromatic carbocycles. The summed E-state index contributed by atoms with van der Waals surface area (Å²) in [4.78, 5) is 0.282. The van der Waals surface area contributed by atoms with Gasteiger partial charge in [0.15, 0.2) is 0 Å². The van der Waals surface area contributed by atoms with Crippen molar-refractivity contribution in [2.45, 2.75) is 37.1 Å². The van der Waals surface area contributed by atoms with Gasteiger partial charge in [-0.25, -0.2) is 13.1 Å². The van der Waals surface area contributed by atoms with Gasteiger partial charge in [0.1, 0.15) is 0 Å². The van der Waals surface area contributed by atoms with Gasteiger partial charge in [0.25, 0.3) is 0 Å². The first kappa shape index (κ1) is 14.1. The van der Waals surface area contributed by atoms with Gasteiger partial charge in [-0.1, -0.05) is 11.8 Å². The van der Waals surface area contributed by atoms with Gasteiger partial charge in [0, 0.05) is 18.0 Å². The van der Waals surface area contributed by atoms with E-state index in [9.17, 15) is 8.42 Å². The molecule has 2 N–H and O–H groups in total. The molecule has 1 fully saturated rings. The highest BCUT2D eigenvalue weighted by Gasteiger charge is 2.27. The van der Waals surface area contributed by atoms with Crippen molar-refractivity contribution < 1.29 is 13.5 Å². The number of aryl methyl sites for hydroxylation is 1. The van der Waals surface area contributed by atoms with E-state index in [2.05, 4.69) is 16.6 Å². The molecule has 5 heteroatoms. The third-order valence-corrected chi connectivity index (χ3v) is 4.39. The van der Waals surface area contributed by atoms with Crippen LogP contribution in [0.1, 0.15) is 30.4 Å². The van der Waals surface area contributed by atoms with Gasteiger partial charge in [-0.2, -0.15) is 0 Å². The molecule has 0 bridgehead atoms. The summed E-state index contributed by atoms with van der Waals surface area (Å²) in [5.41, 5.74) is 1.61. The molecular weight excluding hydrogens is 262 g/mol. The van der Waals surface area contributed by atoms with Crippen LogP contribution in [-0.4, -0.2) is 26.2 Å². The normalized spacial score (nSPS) is 14.8. The molecule has 1 saturated carbocycles. The maximum Gasteiger partial charge on any atom is 0.240 e. The van der Waals surface area contributed by atoms with E-state index in [1.165, 1.54) is 0 Å². The van der Waals surface area contributed by atoms with E-state index in [1.807, 2.05) is 6.92 Å². The number of rotatable bonds is 4. The van der Waals surface area contributed by atoms with Crippen LogP contribution < -0.4 is 4.72 Å². The van der Waals surface area contributed by atoms with Crippen molar-refractivity contribution in [2.24, 2.45) is 0 Å². The van der Waals surface area contributed by atoms with Gasteiger partial charge >= 0.3 is 0 Å². The van der Waals surface area contributed by atoms with Crippen molar-refractivity contribution in [3.63, 3.8) is 0 Å². The molecule has 1 aromatic rings. The molecule has 1 aliphatic carbocycles. The minimum Gasteiger partial charge on any atom is -0.395 e. The van der Waals surface area contributed by atoms with E-state index < -0.39 is 10.0 Å². The SMILES string of the molecule is Cc1cc(S(=O)(=O)NC2CC2)ccc1C#CCCO. The molecule has 0 atom stereocenters. The summed E-state index contributed by atoms with van der Waals surface area (Å²) in [5.74, 6) is 5.75. The zero-order valence-electron chi connectivity index (χ0n) is 10.8. The fourth-order valence-electron chi connectivity index (χ4n) is 1.65. The molecule has 0 aromatic heterocycles. The standard InChI is InChI=1S/C14H17NO3S/c1-11-10-14(19(17,18)15-13-6-7-13)8-5-12(11)4-2-3-9-16/h5,8,10,13,15-16H,3,6-7,9H2,1H3. The monoisotopic (exact) mass is 279 g/mol. The lowest BCUT2D eigenvalue weighted by Gasteiger charge is -2.07. The third-order valence-electron chi connectivity index (χ3n) is 2.87. The average Bonchev–Trinajstić information content (AvgIpc) is 3.14. The number of nitrogens with one attached hydrogen (secondary N) is 1. The Kier molecular flexibility index (Phi) is 4.25. The summed E-state index contributed by atoms with van der Waals surface area (Å²) in [5, 5.41) is 8.66. The first-order chi connectivity index (χ1) is 9.03. The molecule has 4 nitrogen and oxygen atoms in total. The molecular formula is C14H17NO3S. The number of hydrogen-bond donors (Lipinski definition) is 2. The molecule has 2 rings (SSSR count). The van der Waals surface area contributed by atoms with Crippen LogP contribution in [0.2, 0.25) is 0 Å². The Bertz CT molecular complexity index is 622. The van der Waals surface area contributed by atoms with E-state index in [0.717, 1.165) is 24.0 Å². The van der Waals surface area contributed by atoms with E-state index in [1.54, 1.807) is 18.2 Å². The van der Waals surface area contributed by atoms with Crippen molar-refractivity contribution in [3.05, 3.63) is 29.3 Å². The molecule has 102 valence electrons. The second kappa shape index (κ2) is 5.74. The van der Waals surface area contributed by atoms with Gasteiger partial charge in [0.05, 0.1) is 11.5 Å². The van der Waals surface area contributed by atoms with Crippen LogP contribution in [0.15, 0.2) is 23.1 Å². The van der Waals surface area contributed by atoms with Gasteiger partial charge in [-0.05, 0) is 43.5 Å². The van der Waals surface area contributed by atoms with Crippen molar-refractivity contribution in [1.29, 1.82) is 0 Å². The number of aliphatic hydroxyl groups is 1. The Labute approximate surface area is 113 Å². The fraction of sp³-hybridized carbons (Fsp3) is 0.429. The molecule has 1 aliphatic rings. The van der Waals surface area contributed by atoms with E-state index in [0.29, 0.717) is 6.42 Å². The lowest BCUT2D eigenvalue weighted by atomic mass is 10.1. The Balaban J connectivity index is 2.21. The van der Waals surface area contributed by atoms with Gasteiger partial charge in [-0.15, -0.1) is 0 Å². The highest BCUT2D eigenvalue weighted by molar-refractivity contribution is 7.89. The zero-order chi connectivity index (χ0) is 13.9. The summed E-state index contributed by atoms with van der Waals surface area (Å²) < 4.78 is 26.7. The second-order valence-electron chi connectivity index (χ2n) is 4.65. The van der Waals surface area contributed by atoms with Crippen molar-refractivity contribution in [2.75, 3.05) is 6.61 Å². The average molecular weight is 279 g/mol. The third kappa shape index (κ3) is 3.80. The quantitative estimate of drug-likeness (QED) is 0.813. The summed E-state index contributed by atoms with van der Waals surface area (Å²) in [6, 6.07) is 5.02. The Morgan fingerprint density at radius 2 is 2.16 bits per heavy atom.